The van der Waals surface area contributed by atoms with Crippen LogP contribution in [0.25, 0.3) is 0 Å². The summed E-state index contributed by atoms with van der Waals surface area (Å²) in [5.74, 6) is 3.10. The molecule has 0 aromatic carbocycles. The lowest BCUT2D eigenvalue weighted by molar-refractivity contribution is 0.252. The van der Waals surface area contributed by atoms with Crippen LogP contribution in [0.4, 0.5) is 0 Å². The van der Waals surface area contributed by atoms with Crippen molar-refractivity contribution in [2.75, 3.05) is 0 Å². The predicted octanol–water partition coefficient (Wildman–Crippen LogP) is 6.52. The molecule has 1 aliphatic rings. The Balaban J connectivity index is 2.81. The van der Waals surface area contributed by atoms with Gasteiger partial charge in [0.15, 0.2) is 0 Å². The highest BCUT2D eigenvalue weighted by atomic mass is 14.7. The molecular formula is C23H41N. The largest absolute Gasteiger partial charge is 0.324 e. The molecule has 0 heterocycles. The first-order valence-corrected chi connectivity index (χ1v) is 10.1. The molecule has 0 aromatic heterocycles. The number of hydrogen-bond acceptors (Lipinski definition) is 1. The predicted molar refractivity (Wildman–Crippen MR) is 109 cm³/mol. The fourth-order valence-electron chi connectivity index (χ4n) is 4.07. The summed E-state index contributed by atoms with van der Waals surface area (Å²) in [6.45, 7) is 15.9. The van der Waals surface area contributed by atoms with Gasteiger partial charge in [-0.25, -0.2) is 0 Å². The van der Waals surface area contributed by atoms with Crippen molar-refractivity contribution in [1.82, 2.24) is 0 Å². The van der Waals surface area contributed by atoms with E-state index in [1.165, 1.54) is 30.4 Å². The third-order valence-corrected chi connectivity index (χ3v) is 6.50. The maximum atomic E-state index is 6.72. The number of nitrogens with two attached hydrogens (primary N) is 1. The van der Waals surface area contributed by atoms with Gasteiger partial charge in [-0.3, -0.25) is 0 Å². The lowest BCUT2D eigenvalue weighted by Crippen LogP contribution is -2.36. The van der Waals surface area contributed by atoms with Gasteiger partial charge in [-0.05, 0) is 69.6 Å². The Morgan fingerprint density at radius 3 is 2.21 bits per heavy atom. The van der Waals surface area contributed by atoms with Crippen molar-refractivity contribution in [3.63, 3.8) is 0 Å². The summed E-state index contributed by atoms with van der Waals surface area (Å²) in [5, 5.41) is 0. The number of allylic oxidation sites excluding steroid dienone is 5. The third kappa shape index (κ3) is 5.34. The molecule has 0 aromatic rings. The smallest absolute Gasteiger partial charge is 0.0291 e. The summed E-state index contributed by atoms with van der Waals surface area (Å²) in [4.78, 5) is 0. The molecular weight excluding hydrogens is 290 g/mol. The second kappa shape index (κ2) is 10.2. The van der Waals surface area contributed by atoms with Crippen LogP contribution in [0, 0.1) is 29.6 Å². The standard InChI is InChI=1S/C23H41N/c1-8-12-20(9-2)22(10-3)23(24)19(7)18(6)16(4)15-17(5)21-13-11-14-21/h8,10,12,15,17-21,23H,9,11,13-14,24H2,1-7H3/b12-8-,16-15+,22-10+. The average molecular weight is 332 g/mol. The lowest BCUT2D eigenvalue weighted by atomic mass is 9.74. The van der Waals surface area contributed by atoms with Crippen LogP contribution in [0.2, 0.25) is 0 Å². The van der Waals surface area contributed by atoms with Crippen LogP contribution >= 0.6 is 0 Å². The van der Waals surface area contributed by atoms with Crippen LogP contribution in [-0.2, 0) is 0 Å². The van der Waals surface area contributed by atoms with E-state index < -0.39 is 0 Å². The first kappa shape index (κ1) is 21.2. The molecule has 1 aliphatic carbocycles. The van der Waals surface area contributed by atoms with E-state index in [1.807, 2.05) is 0 Å². The highest BCUT2D eigenvalue weighted by Gasteiger charge is 2.27. The minimum Gasteiger partial charge on any atom is -0.324 e. The minimum atomic E-state index is 0.133. The molecule has 0 aliphatic heterocycles. The van der Waals surface area contributed by atoms with Gasteiger partial charge in [0.1, 0.15) is 0 Å². The van der Waals surface area contributed by atoms with E-state index in [1.54, 1.807) is 0 Å². The molecule has 1 heteroatoms. The Labute approximate surface area is 151 Å². The van der Waals surface area contributed by atoms with Crippen molar-refractivity contribution in [3.05, 3.63) is 35.5 Å². The maximum absolute atomic E-state index is 6.72. The summed E-state index contributed by atoms with van der Waals surface area (Å²) < 4.78 is 0. The summed E-state index contributed by atoms with van der Waals surface area (Å²) >= 11 is 0. The van der Waals surface area contributed by atoms with Gasteiger partial charge >= 0.3 is 0 Å². The minimum absolute atomic E-state index is 0.133. The topological polar surface area (TPSA) is 26.0 Å². The van der Waals surface area contributed by atoms with E-state index in [0.29, 0.717) is 17.8 Å². The Hall–Kier alpha value is -0.820. The highest BCUT2D eigenvalue weighted by molar-refractivity contribution is 5.21. The molecule has 0 amide bonds. The summed E-state index contributed by atoms with van der Waals surface area (Å²) in [6.07, 6.45) is 14.6. The monoisotopic (exact) mass is 331 g/mol. The van der Waals surface area contributed by atoms with Crippen LogP contribution in [0.3, 0.4) is 0 Å². The first-order valence-electron chi connectivity index (χ1n) is 10.1. The Morgan fingerprint density at radius 2 is 1.79 bits per heavy atom. The van der Waals surface area contributed by atoms with Gasteiger partial charge in [0.2, 0.25) is 0 Å². The van der Waals surface area contributed by atoms with Gasteiger partial charge < -0.3 is 5.73 Å². The number of rotatable bonds is 9. The zero-order valence-corrected chi connectivity index (χ0v) is 17.2. The SMILES string of the molecule is C/C=C\C(CC)/C(=C\C)C(N)C(C)C(C)/C(C)=C/C(C)C1CCC1. The van der Waals surface area contributed by atoms with E-state index in [0.717, 1.165) is 18.3 Å². The number of hydrogen-bond donors (Lipinski definition) is 1. The molecule has 1 fully saturated rings. The quantitative estimate of drug-likeness (QED) is 0.478. The Kier molecular flexibility index (Phi) is 9.05. The summed E-state index contributed by atoms with van der Waals surface area (Å²) in [7, 11) is 0. The molecule has 1 saturated carbocycles. The van der Waals surface area contributed by atoms with Crippen LogP contribution in [-0.4, -0.2) is 6.04 Å². The molecule has 0 radical (unpaired) electrons. The van der Waals surface area contributed by atoms with Gasteiger partial charge in [0.05, 0.1) is 0 Å². The third-order valence-electron chi connectivity index (χ3n) is 6.50. The molecule has 2 N–H and O–H groups in total. The first-order chi connectivity index (χ1) is 11.4. The van der Waals surface area contributed by atoms with E-state index in [4.69, 9.17) is 5.73 Å². The maximum Gasteiger partial charge on any atom is 0.0291 e. The van der Waals surface area contributed by atoms with Crippen molar-refractivity contribution in [1.29, 1.82) is 0 Å². The van der Waals surface area contributed by atoms with Gasteiger partial charge in [0.25, 0.3) is 0 Å². The van der Waals surface area contributed by atoms with Crippen LogP contribution < -0.4 is 5.73 Å². The second-order valence-electron chi connectivity index (χ2n) is 7.96. The van der Waals surface area contributed by atoms with Gasteiger partial charge in [-0.2, -0.15) is 0 Å². The van der Waals surface area contributed by atoms with Crippen LogP contribution in [0.15, 0.2) is 35.5 Å². The molecule has 0 spiro atoms. The highest BCUT2D eigenvalue weighted by Crippen LogP contribution is 2.36. The van der Waals surface area contributed by atoms with Crippen molar-refractivity contribution in [2.24, 2.45) is 35.3 Å². The molecule has 1 nitrogen and oxygen atoms in total. The molecule has 0 saturated heterocycles. The molecule has 24 heavy (non-hydrogen) atoms. The fraction of sp³-hybridized carbons (Fsp3) is 0.739. The lowest BCUT2D eigenvalue weighted by Gasteiger charge is -2.33. The second-order valence-corrected chi connectivity index (χ2v) is 7.96. The van der Waals surface area contributed by atoms with Gasteiger partial charge in [-0.15, -0.1) is 0 Å². The van der Waals surface area contributed by atoms with Crippen molar-refractivity contribution < 1.29 is 0 Å². The van der Waals surface area contributed by atoms with Gasteiger partial charge in [0, 0.05) is 6.04 Å². The van der Waals surface area contributed by atoms with E-state index >= 15 is 0 Å². The zero-order valence-electron chi connectivity index (χ0n) is 17.2. The van der Waals surface area contributed by atoms with Crippen LogP contribution in [0.1, 0.15) is 74.1 Å². The molecule has 5 unspecified atom stereocenters. The van der Waals surface area contributed by atoms with Crippen molar-refractivity contribution >= 4 is 0 Å². The Morgan fingerprint density at radius 1 is 1.17 bits per heavy atom. The molecule has 1 rings (SSSR count). The fourth-order valence-corrected chi connectivity index (χ4v) is 4.07. The van der Waals surface area contributed by atoms with E-state index in [9.17, 15) is 0 Å². The Bertz CT molecular complexity index is 453. The zero-order chi connectivity index (χ0) is 18.3. The van der Waals surface area contributed by atoms with Crippen LogP contribution in [0.5, 0.6) is 0 Å². The van der Waals surface area contributed by atoms with Crippen molar-refractivity contribution in [2.45, 2.75) is 80.2 Å². The normalized spacial score (nSPS) is 23.7. The average Bonchev–Trinajstić information content (AvgIpc) is 2.50. The summed E-state index contributed by atoms with van der Waals surface area (Å²) in [6, 6.07) is 0.133. The molecule has 5 atom stereocenters. The van der Waals surface area contributed by atoms with Gasteiger partial charge in [-0.1, -0.05) is 69.6 Å². The van der Waals surface area contributed by atoms with Crippen molar-refractivity contribution in [3.8, 4) is 0 Å². The summed E-state index contributed by atoms with van der Waals surface area (Å²) in [5.41, 5.74) is 9.63. The van der Waals surface area contributed by atoms with E-state index in [2.05, 4.69) is 72.8 Å². The molecule has 138 valence electrons. The van der Waals surface area contributed by atoms with E-state index in [-0.39, 0.29) is 6.04 Å². The molecule has 0 bridgehead atoms.